The third-order valence-electron chi connectivity index (χ3n) is 4.33. The smallest absolute Gasteiger partial charge is 0.258 e. The van der Waals surface area contributed by atoms with Crippen molar-refractivity contribution >= 4 is 11.6 Å². The van der Waals surface area contributed by atoms with Crippen molar-refractivity contribution in [1.29, 1.82) is 0 Å². The molecular weight excluding hydrogens is 276 g/mol. The second-order valence-electron chi connectivity index (χ2n) is 5.81. The fourth-order valence-corrected chi connectivity index (χ4v) is 3.03. The Kier molecular flexibility index (Phi) is 3.03. The van der Waals surface area contributed by atoms with E-state index < -0.39 is 0 Å². The van der Waals surface area contributed by atoms with E-state index in [-0.39, 0.29) is 12.1 Å². The van der Waals surface area contributed by atoms with Crippen molar-refractivity contribution in [2.45, 2.75) is 25.0 Å². The van der Waals surface area contributed by atoms with Gasteiger partial charge in [-0.25, -0.2) is 0 Å². The first-order chi connectivity index (χ1) is 10.8. The average molecular weight is 294 g/mol. The lowest BCUT2D eigenvalue weighted by Crippen LogP contribution is -2.44. The highest BCUT2D eigenvalue weighted by Gasteiger charge is 2.41. The van der Waals surface area contributed by atoms with Crippen molar-refractivity contribution in [3.05, 3.63) is 59.7 Å². The summed E-state index contributed by atoms with van der Waals surface area (Å²) in [6.45, 7) is 0. The summed E-state index contributed by atoms with van der Waals surface area (Å²) in [5, 5.41) is 3.52. The van der Waals surface area contributed by atoms with Gasteiger partial charge in [0.25, 0.3) is 5.91 Å². The van der Waals surface area contributed by atoms with Gasteiger partial charge in [0.2, 0.25) is 0 Å². The van der Waals surface area contributed by atoms with Gasteiger partial charge in [0.1, 0.15) is 11.9 Å². The zero-order valence-electron chi connectivity index (χ0n) is 12.5. The molecule has 22 heavy (non-hydrogen) atoms. The minimum Gasteiger partial charge on any atom is -0.497 e. The SMILES string of the molecule is COc1ccc([C@@H]2Nc3ccccc3C(=O)N2C2CC2)cc1. The summed E-state index contributed by atoms with van der Waals surface area (Å²) >= 11 is 0. The van der Waals surface area contributed by atoms with E-state index in [0.29, 0.717) is 6.04 Å². The van der Waals surface area contributed by atoms with E-state index in [1.807, 2.05) is 53.4 Å². The molecule has 2 aromatic carbocycles. The predicted molar refractivity (Wildman–Crippen MR) is 85.0 cm³/mol. The number of anilines is 1. The first-order valence-corrected chi connectivity index (χ1v) is 7.60. The van der Waals surface area contributed by atoms with E-state index in [9.17, 15) is 4.79 Å². The highest BCUT2D eigenvalue weighted by Crippen LogP contribution is 2.40. The number of methoxy groups -OCH3 is 1. The number of hydrogen-bond acceptors (Lipinski definition) is 3. The lowest BCUT2D eigenvalue weighted by molar-refractivity contribution is 0.0666. The van der Waals surface area contributed by atoms with E-state index in [1.54, 1.807) is 7.11 Å². The molecule has 0 saturated heterocycles. The molecule has 0 bridgehead atoms. The fourth-order valence-electron chi connectivity index (χ4n) is 3.03. The molecule has 1 fully saturated rings. The van der Waals surface area contributed by atoms with Crippen molar-refractivity contribution in [1.82, 2.24) is 4.90 Å². The molecule has 0 spiro atoms. The van der Waals surface area contributed by atoms with Gasteiger partial charge in [-0.3, -0.25) is 4.79 Å². The number of fused-ring (bicyclic) bond motifs is 1. The number of carbonyl (C=O) groups excluding carboxylic acids is 1. The molecule has 1 aliphatic carbocycles. The maximum Gasteiger partial charge on any atom is 0.258 e. The van der Waals surface area contributed by atoms with Gasteiger partial charge in [0.15, 0.2) is 0 Å². The number of carbonyl (C=O) groups is 1. The Bertz CT molecular complexity index is 707. The van der Waals surface area contributed by atoms with Crippen molar-refractivity contribution in [2.75, 3.05) is 12.4 Å². The lowest BCUT2D eigenvalue weighted by Gasteiger charge is -2.38. The topological polar surface area (TPSA) is 41.6 Å². The van der Waals surface area contributed by atoms with Crippen LogP contribution in [-0.4, -0.2) is 24.0 Å². The molecule has 0 unspecified atom stereocenters. The van der Waals surface area contributed by atoms with Gasteiger partial charge in [0.05, 0.1) is 12.7 Å². The van der Waals surface area contributed by atoms with Crippen LogP contribution in [0, 0.1) is 0 Å². The summed E-state index contributed by atoms with van der Waals surface area (Å²) in [6, 6.07) is 16.0. The number of rotatable bonds is 3. The number of para-hydroxylation sites is 1. The van der Waals surface area contributed by atoms with E-state index in [2.05, 4.69) is 5.32 Å². The van der Waals surface area contributed by atoms with Crippen LogP contribution in [0.4, 0.5) is 5.69 Å². The minimum absolute atomic E-state index is 0.110. The highest BCUT2D eigenvalue weighted by atomic mass is 16.5. The Labute approximate surface area is 129 Å². The summed E-state index contributed by atoms with van der Waals surface area (Å²) < 4.78 is 5.22. The van der Waals surface area contributed by atoms with Crippen LogP contribution in [0.3, 0.4) is 0 Å². The molecule has 1 heterocycles. The molecule has 4 heteroatoms. The molecule has 1 aliphatic heterocycles. The molecule has 1 atom stereocenters. The number of hydrogen-bond donors (Lipinski definition) is 1. The Balaban J connectivity index is 1.75. The number of ether oxygens (including phenoxy) is 1. The highest BCUT2D eigenvalue weighted by molar-refractivity contribution is 6.02. The Hall–Kier alpha value is -2.49. The van der Waals surface area contributed by atoms with Crippen LogP contribution in [0.15, 0.2) is 48.5 Å². The zero-order chi connectivity index (χ0) is 15.1. The van der Waals surface area contributed by atoms with E-state index in [0.717, 1.165) is 35.4 Å². The van der Waals surface area contributed by atoms with Crippen molar-refractivity contribution < 1.29 is 9.53 Å². The van der Waals surface area contributed by atoms with Gasteiger partial charge in [-0.05, 0) is 42.7 Å². The average Bonchev–Trinajstić information content (AvgIpc) is 3.39. The number of amides is 1. The van der Waals surface area contributed by atoms with Crippen LogP contribution >= 0.6 is 0 Å². The largest absolute Gasteiger partial charge is 0.497 e. The summed E-state index contributed by atoms with van der Waals surface area (Å²) in [5.74, 6) is 0.946. The van der Waals surface area contributed by atoms with Crippen LogP contribution in [-0.2, 0) is 0 Å². The van der Waals surface area contributed by atoms with Gasteiger partial charge >= 0.3 is 0 Å². The predicted octanol–water partition coefficient (Wildman–Crippen LogP) is 3.42. The molecule has 2 aliphatic rings. The third-order valence-corrected chi connectivity index (χ3v) is 4.33. The zero-order valence-corrected chi connectivity index (χ0v) is 12.5. The van der Waals surface area contributed by atoms with Crippen LogP contribution < -0.4 is 10.1 Å². The molecule has 0 aromatic heterocycles. The molecule has 4 rings (SSSR count). The Morgan fingerprint density at radius 3 is 2.50 bits per heavy atom. The molecule has 1 saturated carbocycles. The molecule has 112 valence electrons. The lowest BCUT2D eigenvalue weighted by atomic mass is 10.0. The summed E-state index contributed by atoms with van der Waals surface area (Å²) in [7, 11) is 1.66. The Morgan fingerprint density at radius 2 is 1.82 bits per heavy atom. The van der Waals surface area contributed by atoms with E-state index in [4.69, 9.17) is 4.74 Å². The van der Waals surface area contributed by atoms with Gasteiger partial charge in [-0.15, -0.1) is 0 Å². The first-order valence-electron chi connectivity index (χ1n) is 7.60. The standard InChI is InChI=1S/C18H18N2O2/c1-22-14-10-6-12(7-11-14)17-19-16-5-3-2-4-15(16)18(21)20(17)13-8-9-13/h2-7,10-11,13,17,19H,8-9H2,1H3/t17-/m1/s1. The van der Waals surface area contributed by atoms with Crippen molar-refractivity contribution in [3.8, 4) is 5.75 Å². The van der Waals surface area contributed by atoms with E-state index >= 15 is 0 Å². The van der Waals surface area contributed by atoms with Gasteiger partial charge in [-0.2, -0.15) is 0 Å². The fraction of sp³-hybridized carbons (Fsp3) is 0.278. The van der Waals surface area contributed by atoms with Crippen LogP contribution in [0.2, 0.25) is 0 Å². The van der Waals surface area contributed by atoms with Crippen molar-refractivity contribution in [3.63, 3.8) is 0 Å². The van der Waals surface area contributed by atoms with Gasteiger partial charge in [0, 0.05) is 11.7 Å². The van der Waals surface area contributed by atoms with Gasteiger partial charge in [-0.1, -0.05) is 24.3 Å². The third kappa shape index (κ3) is 2.11. The number of nitrogens with zero attached hydrogens (tertiary/aromatic N) is 1. The number of benzene rings is 2. The monoisotopic (exact) mass is 294 g/mol. The van der Waals surface area contributed by atoms with Crippen LogP contribution in [0.5, 0.6) is 5.75 Å². The summed E-state index contributed by atoms with van der Waals surface area (Å²) in [4.78, 5) is 14.9. The van der Waals surface area contributed by atoms with Gasteiger partial charge < -0.3 is 15.0 Å². The maximum atomic E-state index is 12.9. The summed E-state index contributed by atoms with van der Waals surface area (Å²) in [6.07, 6.45) is 2.06. The van der Waals surface area contributed by atoms with E-state index in [1.165, 1.54) is 0 Å². The second-order valence-corrected chi connectivity index (χ2v) is 5.81. The minimum atomic E-state index is -0.110. The number of nitrogens with one attached hydrogen (secondary N) is 1. The van der Waals surface area contributed by atoms with Crippen LogP contribution in [0.1, 0.15) is 34.9 Å². The molecule has 0 radical (unpaired) electrons. The Morgan fingerprint density at radius 1 is 1.09 bits per heavy atom. The quantitative estimate of drug-likeness (QED) is 0.943. The normalized spacial score (nSPS) is 20.3. The molecule has 2 aromatic rings. The summed E-state index contributed by atoms with van der Waals surface area (Å²) in [5.41, 5.74) is 2.75. The van der Waals surface area contributed by atoms with Crippen molar-refractivity contribution in [2.24, 2.45) is 0 Å². The second kappa shape index (κ2) is 5.05. The molecule has 1 N–H and O–H groups in total. The van der Waals surface area contributed by atoms with Crippen LogP contribution in [0.25, 0.3) is 0 Å². The molecule has 1 amide bonds. The molecule has 4 nitrogen and oxygen atoms in total. The first kappa shape index (κ1) is 13.2. The maximum absolute atomic E-state index is 12.9. The molecular formula is C18H18N2O2.